The van der Waals surface area contributed by atoms with Gasteiger partial charge in [0.05, 0.1) is 0 Å². The van der Waals surface area contributed by atoms with Crippen LogP contribution in [0.3, 0.4) is 0 Å². The standard InChI is InChI=1S/C23H23N3O/c1-3-26-22-7-5-4-6-20(22)21-14-17(8-13-23(21)26)15-24-18-9-11-19(12-10-18)25-16(2)27/h4-14,24H,3,15H2,1-2H3,(H,25,27). The number of nitrogens with one attached hydrogen (secondary N) is 2. The summed E-state index contributed by atoms with van der Waals surface area (Å²) in [5.74, 6) is -0.0599. The highest BCUT2D eigenvalue weighted by atomic mass is 16.1. The average Bonchev–Trinajstić information content (AvgIpc) is 3.00. The van der Waals surface area contributed by atoms with Crippen molar-refractivity contribution in [3.8, 4) is 0 Å². The van der Waals surface area contributed by atoms with Crippen LogP contribution in [-0.4, -0.2) is 10.5 Å². The molecular formula is C23H23N3O. The summed E-state index contributed by atoms with van der Waals surface area (Å²) in [6.07, 6.45) is 0. The van der Waals surface area contributed by atoms with Gasteiger partial charge >= 0.3 is 0 Å². The van der Waals surface area contributed by atoms with Gasteiger partial charge in [0.2, 0.25) is 5.91 Å². The molecule has 0 unspecified atom stereocenters. The molecule has 0 aliphatic rings. The van der Waals surface area contributed by atoms with Crippen LogP contribution in [0.25, 0.3) is 21.8 Å². The Labute approximate surface area is 158 Å². The van der Waals surface area contributed by atoms with Crippen molar-refractivity contribution in [2.45, 2.75) is 26.9 Å². The number of anilines is 2. The summed E-state index contributed by atoms with van der Waals surface area (Å²) in [7, 11) is 0. The maximum absolute atomic E-state index is 11.1. The van der Waals surface area contributed by atoms with Crippen molar-refractivity contribution in [1.29, 1.82) is 0 Å². The van der Waals surface area contributed by atoms with Crippen molar-refractivity contribution < 1.29 is 4.79 Å². The van der Waals surface area contributed by atoms with Crippen LogP contribution in [0.2, 0.25) is 0 Å². The molecule has 4 rings (SSSR count). The lowest BCUT2D eigenvalue weighted by Crippen LogP contribution is -2.05. The van der Waals surface area contributed by atoms with E-state index in [0.29, 0.717) is 0 Å². The molecule has 0 fully saturated rings. The van der Waals surface area contributed by atoms with Gasteiger partial charge in [-0.1, -0.05) is 24.3 Å². The van der Waals surface area contributed by atoms with Gasteiger partial charge in [0.15, 0.2) is 0 Å². The van der Waals surface area contributed by atoms with Gasteiger partial charge in [0.1, 0.15) is 0 Å². The topological polar surface area (TPSA) is 46.1 Å². The number of hydrogen-bond donors (Lipinski definition) is 2. The molecule has 4 nitrogen and oxygen atoms in total. The van der Waals surface area contributed by atoms with Gasteiger partial charge in [-0.15, -0.1) is 0 Å². The Morgan fingerprint density at radius 2 is 1.59 bits per heavy atom. The fourth-order valence-electron chi connectivity index (χ4n) is 3.63. The third-order valence-electron chi connectivity index (χ3n) is 4.85. The lowest BCUT2D eigenvalue weighted by Gasteiger charge is -2.09. The van der Waals surface area contributed by atoms with Gasteiger partial charge in [-0.25, -0.2) is 0 Å². The Morgan fingerprint density at radius 1 is 0.889 bits per heavy atom. The van der Waals surface area contributed by atoms with Crippen molar-refractivity contribution >= 4 is 39.1 Å². The summed E-state index contributed by atoms with van der Waals surface area (Å²) in [5, 5.41) is 8.84. The monoisotopic (exact) mass is 357 g/mol. The smallest absolute Gasteiger partial charge is 0.221 e. The van der Waals surface area contributed by atoms with Crippen molar-refractivity contribution in [3.05, 3.63) is 72.3 Å². The van der Waals surface area contributed by atoms with Crippen molar-refractivity contribution in [3.63, 3.8) is 0 Å². The first-order valence-electron chi connectivity index (χ1n) is 9.27. The summed E-state index contributed by atoms with van der Waals surface area (Å²) >= 11 is 0. The molecule has 1 amide bonds. The molecule has 0 saturated carbocycles. The Bertz CT molecular complexity index is 1110. The van der Waals surface area contributed by atoms with Gasteiger partial charge in [-0.05, 0) is 55.0 Å². The maximum Gasteiger partial charge on any atom is 0.221 e. The summed E-state index contributed by atoms with van der Waals surface area (Å²) in [6, 6.07) is 23.0. The molecule has 0 spiro atoms. The highest BCUT2D eigenvalue weighted by molar-refractivity contribution is 6.08. The Hall–Kier alpha value is -3.27. The molecule has 136 valence electrons. The van der Waals surface area contributed by atoms with Gasteiger partial charge in [-0.2, -0.15) is 0 Å². The number of aryl methyl sites for hydroxylation is 1. The van der Waals surface area contributed by atoms with Crippen LogP contribution in [0.4, 0.5) is 11.4 Å². The van der Waals surface area contributed by atoms with Crippen LogP contribution in [0.15, 0.2) is 66.7 Å². The van der Waals surface area contributed by atoms with Crippen molar-refractivity contribution in [2.75, 3.05) is 10.6 Å². The first-order chi connectivity index (χ1) is 13.2. The van der Waals surface area contributed by atoms with E-state index in [-0.39, 0.29) is 5.91 Å². The van der Waals surface area contributed by atoms with E-state index in [4.69, 9.17) is 0 Å². The summed E-state index contributed by atoms with van der Waals surface area (Å²) in [5.41, 5.74) is 5.64. The quantitative estimate of drug-likeness (QED) is 0.503. The van der Waals surface area contributed by atoms with Crippen molar-refractivity contribution in [1.82, 2.24) is 4.57 Å². The van der Waals surface area contributed by atoms with E-state index in [1.165, 1.54) is 34.3 Å². The molecule has 0 aliphatic heterocycles. The molecule has 4 heteroatoms. The molecule has 0 saturated heterocycles. The van der Waals surface area contributed by atoms with E-state index in [9.17, 15) is 4.79 Å². The SMILES string of the molecule is CCn1c2ccccc2c2cc(CNc3ccc(NC(C)=O)cc3)ccc21. The third-order valence-corrected chi connectivity index (χ3v) is 4.85. The lowest BCUT2D eigenvalue weighted by molar-refractivity contribution is -0.114. The number of benzene rings is 3. The predicted molar refractivity (Wildman–Crippen MR) is 113 cm³/mol. The number of para-hydroxylation sites is 1. The molecule has 27 heavy (non-hydrogen) atoms. The number of fused-ring (bicyclic) bond motifs is 3. The van der Waals surface area contributed by atoms with Gasteiger partial charge < -0.3 is 15.2 Å². The molecule has 1 aromatic heterocycles. The van der Waals surface area contributed by atoms with Gasteiger partial charge in [0.25, 0.3) is 0 Å². The molecule has 0 atom stereocenters. The largest absolute Gasteiger partial charge is 0.381 e. The molecule has 0 aliphatic carbocycles. The van der Waals surface area contributed by atoms with Crippen LogP contribution in [-0.2, 0) is 17.9 Å². The summed E-state index contributed by atoms with van der Waals surface area (Å²) in [6.45, 7) is 5.41. The zero-order chi connectivity index (χ0) is 18.8. The second kappa shape index (κ2) is 7.16. The molecular weight excluding hydrogens is 334 g/mol. The van der Waals surface area contributed by atoms with E-state index in [1.807, 2.05) is 24.3 Å². The molecule has 3 aromatic carbocycles. The minimum atomic E-state index is -0.0599. The fraction of sp³-hybridized carbons (Fsp3) is 0.174. The van der Waals surface area contributed by atoms with Crippen LogP contribution in [0.5, 0.6) is 0 Å². The van der Waals surface area contributed by atoms with E-state index in [0.717, 1.165) is 24.5 Å². The zero-order valence-corrected chi connectivity index (χ0v) is 15.6. The zero-order valence-electron chi connectivity index (χ0n) is 15.6. The minimum Gasteiger partial charge on any atom is -0.381 e. The Morgan fingerprint density at radius 3 is 2.33 bits per heavy atom. The van der Waals surface area contributed by atoms with E-state index < -0.39 is 0 Å². The summed E-state index contributed by atoms with van der Waals surface area (Å²) in [4.78, 5) is 11.1. The molecule has 0 radical (unpaired) electrons. The number of carbonyl (C=O) groups excluding carboxylic acids is 1. The van der Waals surface area contributed by atoms with Crippen LogP contribution < -0.4 is 10.6 Å². The Balaban J connectivity index is 1.58. The average molecular weight is 357 g/mol. The highest BCUT2D eigenvalue weighted by Gasteiger charge is 2.09. The minimum absolute atomic E-state index is 0.0599. The van der Waals surface area contributed by atoms with E-state index >= 15 is 0 Å². The number of hydrogen-bond acceptors (Lipinski definition) is 2. The number of rotatable bonds is 5. The van der Waals surface area contributed by atoms with Gasteiger partial charge in [-0.3, -0.25) is 4.79 Å². The lowest BCUT2D eigenvalue weighted by atomic mass is 10.1. The number of carbonyl (C=O) groups is 1. The fourth-order valence-corrected chi connectivity index (χ4v) is 3.63. The van der Waals surface area contributed by atoms with Crippen molar-refractivity contribution in [2.24, 2.45) is 0 Å². The first-order valence-corrected chi connectivity index (χ1v) is 9.27. The van der Waals surface area contributed by atoms with E-state index in [1.54, 1.807) is 0 Å². The van der Waals surface area contributed by atoms with Crippen LogP contribution in [0, 0.1) is 0 Å². The van der Waals surface area contributed by atoms with E-state index in [2.05, 4.69) is 64.6 Å². The van der Waals surface area contributed by atoms with Crippen LogP contribution >= 0.6 is 0 Å². The normalized spacial score (nSPS) is 11.0. The molecule has 4 aromatic rings. The third kappa shape index (κ3) is 3.38. The first kappa shape index (κ1) is 17.2. The predicted octanol–water partition coefficient (Wildman–Crippen LogP) is 5.38. The number of nitrogens with zero attached hydrogens (tertiary/aromatic N) is 1. The van der Waals surface area contributed by atoms with Gasteiger partial charge in [0, 0.05) is 53.2 Å². The molecule has 0 bridgehead atoms. The molecule has 1 heterocycles. The second-order valence-electron chi connectivity index (χ2n) is 6.72. The highest BCUT2D eigenvalue weighted by Crippen LogP contribution is 2.29. The molecule has 2 N–H and O–H groups in total. The summed E-state index contributed by atoms with van der Waals surface area (Å²) < 4.78 is 2.36. The second-order valence-corrected chi connectivity index (χ2v) is 6.72. The number of amides is 1. The number of aromatic nitrogens is 1. The Kier molecular flexibility index (Phi) is 4.55. The van der Waals surface area contributed by atoms with Crippen LogP contribution in [0.1, 0.15) is 19.4 Å². The maximum atomic E-state index is 11.1.